The number of halogens is 1. The number of benzene rings is 2. The summed E-state index contributed by atoms with van der Waals surface area (Å²) in [7, 11) is 0. The van der Waals surface area contributed by atoms with E-state index in [2.05, 4.69) is 21.5 Å². The van der Waals surface area contributed by atoms with E-state index < -0.39 is 0 Å². The van der Waals surface area contributed by atoms with E-state index in [1.165, 1.54) is 0 Å². The van der Waals surface area contributed by atoms with Gasteiger partial charge in [-0.2, -0.15) is 0 Å². The molecule has 4 heterocycles. The second-order valence-corrected chi connectivity index (χ2v) is 7.96. The highest BCUT2D eigenvalue weighted by molar-refractivity contribution is 6.31. The average molecular weight is 404 g/mol. The third kappa shape index (κ3) is 2.73. The van der Waals surface area contributed by atoms with Crippen LogP contribution in [0.25, 0.3) is 22.0 Å². The molecule has 0 fully saturated rings. The van der Waals surface area contributed by atoms with Gasteiger partial charge in [0.15, 0.2) is 11.9 Å². The lowest BCUT2D eigenvalue weighted by atomic mass is 9.97. The van der Waals surface area contributed by atoms with E-state index in [-0.39, 0.29) is 6.10 Å². The molecule has 1 atom stereocenters. The number of hydrogen-bond donors (Lipinski definition) is 1. The number of fused-ring (bicyclic) bond motifs is 3. The fourth-order valence-corrected chi connectivity index (χ4v) is 4.66. The fourth-order valence-electron chi connectivity index (χ4n) is 4.42. The first-order valence-corrected chi connectivity index (χ1v) is 10.2. The highest BCUT2D eigenvalue weighted by Crippen LogP contribution is 2.47. The molecule has 144 valence electrons. The number of nitrogens with one attached hydrogen (secondary N) is 1. The predicted octanol–water partition coefficient (Wildman–Crippen LogP) is 4.87. The minimum atomic E-state index is -0.188. The summed E-state index contributed by atoms with van der Waals surface area (Å²) in [6, 6.07) is 14.1. The Hall–Kier alpha value is -2.89. The van der Waals surface area contributed by atoms with E-state index in [0.717, 1.165) is 69.9 Å². The van der Waals surface area contributed by atoms with Gasteiger partial charge in [0.05, 0.1) is 11.2 Å². The number of nitrogens with zero attached hydrogens (tertiary/aromatic N) is 2. The summed E-state index contributed by atoms with van der Waals surface area (Å²) in [5, 5.41) is 9.44. The predicted molar refractivity (Wildman–Crippen MR) is 111 cm³/mol. The summed E-state index contributed by atoms with van der Waals surface area (Å²) in [6.45, 7) is 1.70. The average Bonchev–Trinajstić information content (AvgIpc) is 3.36. The summed E-state index contributed by atoms with van der Waals surface area (Å²) < 4.78 is 12.2. The third-order valence-corrected chi connectivity index (χ3v) is 5.99. The molecule has 29 heavy (non-hydrogen) atoms. The molecule has 0 radical (unpaired) electrons. The zero-order chi connectivity index (χ0) is 19.4. The lowest BCUT2D eigenvalue weighted by Crippen LogP contribution is -2.24. The molecule has 2 aromatic carbocycles. The van der Waals surface area contributed by atoms with E-state index in [4.69, 9.17) is 20.9 Å². The lowest BCUT2D eigenvalue weighted by Gasteiger charge is -2.15. The molecule has 2 aromatic heterocycles. The van der Waals surface area contributed by atoms with Crippen molar-refractivity contribution in [3.8, 4) is 16.9 Å². The third-order valence-electron chi connectivity index (χ3n) is 5.77. The van der Waals surface area contributed by atoms with Gasteiger partial charge in [0.25, 0.3) is 0 Å². The molecule has 0 amide bonds. The van der Waals surface area contributed by atoms with Gasteiger partial charge in [-0.15, -0.1) is 0 Å². The topological polar surface area (TPSA) is 60.2 Å². The highest BCUT2D eigenvalue weighted by atomic mass is 35.5. The molecular weight excluding hydrogens is 386 g/mol. The van der Waals surface area contributed by atoms with Crippen LogP contribution in [0.15, 0.2) is 53.2 Å². The smallest absolute Gasteiger partial charge is 0.182 e. The summed E-state index contributed by atoms with van der Waals surface area (Å²) in [5.41, 5.74) is 6.26. The minimum absolute atomic E-state index is 0.188. The van der Waals surface area contributed by atoms with Gasteiger partial charge >= 0.3 is 0 Å². The van der Waals surface area contributed by atoms with E-state index >= 15 is 0 Å². The molecule has 0 saturated carbocycles. The van der Waals surface area contributed by atoms with Gasteiger partial charge in [0, 0.05) is 59.2 Å². The molecule has 2 aliphatic heterocycles. The fraction of sp³-hybridized carbons (Fsp3) is 0.217. The molecule has 6 heteroatoms. The Balaban J connectivity index is 1.47. The molecule has 0 bridgehead atoms. The Morgan fingerprint density at radius 1 is 1.10 bits per heavy atom. The Kier molecular flexibility index (Phi) is 3.86. The van der Waals surface area contributed by atoms with Crippen LogP contribution in [0.3, 0.4) is 0 Å². The van der Waals surface area contributed by atoms with Gasteiger partial charge < -0.3 is 14.6 Å². The van der Waals surface area contributed by atoms with Crippen LogP contribution >= 0.6 is 11.6 Å². The molecule has 0 aliphatic carbocycles. The van der Waals surface area contributed by atoms with E-state index in [1.807, 2.05) is 42.6 Å². The van der Waals surface area contributed by atoms with Crippen molar-refractivity contribution in [3.05, 3.63) is 76.3 Å². The van der Waals surface area contributed by atoms with Crippen molar-refractivity contribution in [2.45, 2.75) is 25.5 Å². The molecule has 0 unspecified atom stereocenters. The van der Waals surface area contributed by atoms with Crippen LogP contribution in [-0.2, 0) is 19.4 Å². The minimum Gasteiger partial charge on any atom is -0.481 e. The zero-order valence-corrected chi connectivity index (χ0v) is 16.4. The largest absolute Gasteiger partial charge is 0.481 e. The molecular formula is C23H18ClN3O2. The first-order valence-electron chi connectivity index (χ1n) is 9.79. The second kappa shape index (κ2) is 6.58. The molecule has 2 aliphatic rings. The summed E-state index contributed by atoms with van der Waals surface area (Å²) in [4.78, 5) is 4.48. The normalized spacial score (nSPS) is 17.8. The molecule has 5 nitrogen and oxygen atoms in total. The molecule has 0 spiro atoms. The van der Waals surface area contributed by atoms with Crippen LogP contribution in [0.4, 0.5) is 0 Å². The SMILES string of the molecule is Clc1cc2c(c(-c3ccnc4ccccc34)c1)O[C@@H](c1onc3c1CNCC3)C2. The maximum absolute atomic E-state index is 6.50. The van der Waals surface area contributed by atoms with Crippen LogP contribution in [0.1, 0.15) is 28.7 Å². The number of rotatable bonds is 2. The molecule has 0 saturated heterocycles. The lowest BCUT2D eigenvalue weighted by molar-refractivity contribution is 0.189. The van der Waals surface area contributed by atoms with Gasteiger partial charge in [-0.05, 0) is 29.8 Å². The van der Waals surface area contributed by atoms with E-state index in [1.54, 1.807) is 0 Å². The van der Waals surface area contributed by atoms with Crippen molar-refractivity contribution in [1.29, 1.82) is 0 Å². The van der Waals surface area contributed by atoms with Crippen molar-refractivity contribution in [3.63, 3.8) is 0 Å². The van der Waals surface area contributed by atoms with Gasteiger partial charge in [-0.25, -0.2) is 0 Å². The van der Waals surface area contributed by atoms with Gasteiger partial charge in [0.2, 0.25) is 0 Å². The van der Waals surface area contributed by atoms with Gasteiger partial charge in [-0.3, -0.25) is 4.98 Å². The number of aromatic nitrogens is 2. The number of hydrogen-bond acceptors (Lipinski definition) is 5. The Morgan fingerprint density at radius 2 is 2.03 bits per heavy atom. The monoisotopic (exact) mass is 403 g/mol. The molecule has 6 rings (SSSR count). The van der Waals surface area contributed by atoms with E-state index in [9.17, 15) is 0 Å². The Bertz CT molecular complexity index is 1250. The quantitative estimate of drug-likeness (QED) is 0.517. The van der Waals surface area contributed by atoms with Crippen molar-refractivity contribution in [1.82, 2.24) is 15.5 Å². The van der Waals surface area contributed by atoms with Crippen molar-refractivity contribution in [2.24, 2.45) is 0 Å². The number of ether oxygens (including phenoxy) is 1. The van der Waals surface area contributed by atoms with Crippen molar-refractivity contribution in [2.75, 3.05) is 6.54 Å². The van der Waals surface area contributed by atoms with Crippen LogP contribution in [0.2, 0.25) is 5.02 Å². The second-order valence-electron chi connectivity index (χ2n) is 7.53. The number of para-hydroxylation sites is 1. The maximum atomic E-state index is 6.50. The Labute approximate surface area is 172 Å². The standard InChI is InChI=1S/C23H18ClN3O2/c24-14-9-13-10-21(23-18-12-25-7-6-20(18)27-29-23)28-22(13)17(11-14)15-5-8-26-19-4-2-1-3-16(15)19/h1-5,8-9,11,21,25H,6-7,10,12H2/t21-/m1/s1. The Morgan fingerprint density at radius 3 is 3.00 bits per heavy atom. The van der Waals surface area contributed by atoms with Crippen LogP contribution in [0, 0.1) is 0 Å². The maximum Gasteiger partial charge on any atom is 0.182 e. The van der Waals surface area contributed by atoms with Crippen LogP contribution in [0.5, 0.6) is 5.75 Å². The van der Waals surface area contributed by atoms with Crippen LogP contribution < -0.4 is 10.1 Å². The number of pyridine rings is 1. The first-order chi connectivity index (χ1) is 14.3. The first kappa shape index (κ1) is 17.0. The summed E-state index contributed by atoms with van der Waals surface area (Å²) in [5.74, 6) is 1.69. The zero-order valence-electron chi connectivity index (χ0n) is 15.6. The summed E-state index contributed by atoms with van der Waals surface area (Å²) in [6.07, 6.45) is 3.24. The summed E-state index contributed by atoms with van der Waals surface area (Å²) >= 11 is 6.50. The van der Waals surface area contributed by atoms with Crippen LogP contribution in [-0.4, -0.2) is 16.7 Å². The van der Waals surface area contributed by atoms with Crippen molar-refractivity contribution < 1.29 is 9.26 Å². The highest BCUT2D eigenvalue weighted by Gasteiger charge is 2.34. The van der Waals surface area contributed by atoms with E-state index in [0.29, 0.717) is 11.4 Å². The van der Waals surface area contributed by atoms with Gasteiger partial charge in [0.1, 0.15) is 5.75 Å². The van der Waals surface area contributed by atoms with Gasteiger partial charge in [-0.1, -0.05) is 35.0 Å². The van der Waals surface area contributed by atoms with Crippen molar-refractivity contribution >= 4 is 22.5 Å². The molecule has 4 aromatic rings. The molecule has 1 N–H and O–H groups in total.